The van der Waals surface area contributed by atoms with Crippen molar-refractivity contribution in [2.24, 2.45) is 0 Å². The standard InChI is InChI=1S/C13H12BrFN2O2S/c1-8-6-9(15)2-4-12(8)17-20(18,19)13-5-3-10(16)7-11(13)14/h2-7,17H,16H2,1H3. The van der Waals surface area contributed by atoms with E-state index in [0.717, 1.165) is 0 Å². The van der Waals surface area contributed by atoms with Crippen LogP contribution in [-0.2, 0) is 10.0 Å². The van der Waals surface area contributed by atoms with E-state index in [1.54, 1.807) is 6.92 Å². The molecule has 0 aromatic heterocycles. The Bertz CT molecular complexity index is 763. The predicted molar refractivity (Wildman–Crippen MR) is 80.5 cm³/mol. The molecule has 106 valence electrons. The molecule has 0 aliphatic carbocycles. The molecule has 3 N–H and O–H groups in total. The van der Waals surface area contributed by atoms with Gasteiger partial charge in [0.2, 0.25) is 0 Å². The van der Waals surface area contributed by atoms with Gasteiger partial charge in [-0.1, -0.05) is 0 Å². The van der Waals surface area contributed by atoms with Crippen LogP contribution in [0.2, 0.25) is 0 Å². The molecular formula is C13H12BrFN2O2S. The van der Waals surface area contributed by atoms with Crippen LogP contribution in [0.25, 0.3) is 0 Å². The summed E-state index contributed by atoms with van der Waals surface area (Å²) in [4.78, 5) is 0.0652. The van der Waals surface area contributed by atoms with Crippen molar-refractivity contribution in [2.45, 2.75) is 11.8 Å². The number of hydrogen-bond acceptors (Lipinski definition) is 3. The van der Waals surface area contributed by atoms with Crippen LogP contribution in [0.15, 0.2) is 45.8 Å². The Labute approximate surface area is 125 Å². The van der Waals surface area contributed by atoms with E-state index in [9.17, 15) is 12.8 Å². The Kier molecular flexibility index (Phi) is 4.01. The number of sulfonamides is 1. The number of nitrogen functional groups attached to an aromatic ring is 1. The van der Waals surface area contributed by atoms with Crippen molar-refractivity contribution in [3.05, 3.63) is 52.3 Å². The van der Waals surface area contributed by atoms with Gasteiger partial charge in [-0.3, -0.25) is 4.72 Å². The van der Waals surface area contributed by atoms with E-state index in [2.05, 4.69) is 20.7 Å². The highest BCUT2D eigenvalue weighted by Crippen LogP contribution is 2.27. The van der Waals surface area contributed by atoms with Crippen LogP contribution in [0.5, 0.6) is 0 Å². The first-order valence-corrected chi connectivity index (χ1v) is 7.91. The summed E-state index contributed by atoms with van der Waals surface area (Å²) in [5.74, 6) is -0.417. The second kappa shape index (κ2) is 5.41. The van der Waals surface area contributed by atoms with Crippen LogP contribution in [0.4, 0.5) is 15.8 Å². The molecule has 0 bridgehead atoms. The molecule has 2 rings (SSSR count). The van der Waals surface area contributed by atoms with Crippen LogP contribution in [-0.4, -0.2) is 8.42 Å². The maximum Gasteiger partial charge on any atom is 0.263 e. The van der Waals surface area contributed by atoms with Crippen molar-refractivity contribution >= 4 is 37.3 Å². The highest BCUT2D eigenvalue weighted by Gasteiger charge is 2.18. The molecule has 0 radical (unpaired) electrons. The van der Waals surface area contributed by atoms with Crippen molar-refractivity contribution in [1.82, 2.24) is 0 Å². The second-order valence-electron chi connectivity index (χ2n) is 4.25. The predicted octanol–water partition coefficient (Wildman–Crippen LogP) is 3.28. The number of nitrogens with two attached hydrogens (primary N) is 1. The third-order valence-corrected chi connectivity index (χ3v) is 5.02. The van der Waals surface area contributed by atoms with Crippen molar-refractivity contribution in [1.29, 1.82) is 0 Å². The SMILES string of the molecule is Cc1cc(F)ccc1NS(=O)(=O)c1ccc(N)cc1Br. The summed E-state index contributed by atoms with van der Waals surface area (Å²) in [6, 6.07) is 8.25. The third-order valence-electron chi connectivity index (χ3n) is 2.68. The average Bonchev–Trinajstić information content (AvgIpc) is 2.32. The van der Waals surface area contributed by atoms with E-state index >= 15 is 0 Å². The van der Waals surface area contributed by atoms with E-state index in [-0.39, 0.29) is 4.90 Å². The Morgan fingerprint density at radius 2 is 1.90 bits per heavy atom. The van der Waals surface area contributed by atoms with Gasteiger partial charge < -0.3 is 5.73 Å². The molecule has 0 fully saturated rings. The van der Waals surface area contributed by atoms with Gasteiger partial charge in [0, 0.05) is 10.2 Å². The molecule has 4 nitrogen and oxygen atoms in total. The lowest BCUT2D eigenvalue weighted by Crippen LogP contribution is -2.14. The molecule has 0 heterocycles. The minimum Gasteiger partial charge on any atom is -0.399 e. The Balaban J connectivity index is 2.41. The van der Waals surface area contributed by atoms with Gasteiger partial charge >= 0.3 is 0 Å². The zero-order valence-electron chi connectivity index (χ0n) is 10.5. The highest BCUT2D eigenvalue weighted by atomic mass is 79.9. The van der Waals surface area contributed by atoms with Gasteiger partial charge in [-0.25, -0.2) is 12.8 Å². The van der Waals surface area contributed by atoms with Gasteiger partial charge in [-0.05, 0) is 64.8 Å². The molecule has 2 aromatic carbocycles. The molecule has 0 unspecified atom stereocenters. The van der Waals surface area contributed by atoms with Crippen LogP contribution >= 0.6 is 15.9 Å². The first kappa shape index (κ1) is 14.8. The molecule has 0 atom stereocenters. The zero-order valence-corrected chi connectivity index (χ0v) is 12.9. The molecule has 0 saturated carbocycles. The van der Waals surface area contributed by atoms with Crippen molar-refractivity contribution < 1.29 is 12.8 Å². The number of anilines is 2. The number of hydrogen-bond donors (Lipinski definition) is 2. The lowest BCUT2D eigenvalue weighted by molar-refractivity contribution is 0.600. The molecule has 0 amide bonds. The van der Waals surface area contributed by atoms with E-state index < -0.39 is 15.8 Å². The Morgan fingerprint density at radius 3 is 2.50 bits per heavy atom. The van der Waals surface area contributed by atoms with E-state index in [1.807, 2.05) is 0 Å². The quantitative estimate of drug-likeness (QED) is 0.827. The van der Waals surface area contributed by atoms with Crippen LogP contribution < -0.4 is 10.5 Å². The molecule has 0 aliphatic rings. The number of benzene rings is 2. The minimum atomic E-state index is -3.77. The zero-order chi connectivity index (χ0) is 14.9. The molecule has 2 aromatic rings. The average molecular weight is 359 g/mol. The van der Waals surface area contributed by atoms with Gasteiger partial charge in [0.1, 0.15) is 10.7 Å². The van der Waals surface area contributed by atoms with E-state index in [4.69, 9.17) is 5.73 Å². The van der Waals surface area contributed by atoms with Crippen molar-refractivity contribution in [2.75, 3.05) is 10.5 Å². The fourth-order valence-corrected chi connectivity index (χ4v) is 3.90. The summed E-state index contributed by atoms with van der Waals surface area (Å²) in [6.45, 7) is 1.62. The summed E-state index contributed by atoms with van der Waals surface area (Å²) in [5, 5.41) is 0. The van der Waals surface area contributed by atoms with Gasteiger partial charge in [0.25, 0.3) is 10.0 Å². The van der Waals surface area contributed by atoms with E-state index in [1.165, 1.54) is 36.4 Å². The maximum absolute atomic E-state index is 13.0. The monoisotopic (exact) mass is 358 g/mol. The van der Waals surface area contributed by atoms with Gasteiger partial charge in [-0.15, -0.1) is 0 Å². The normalized spacial score (nSPS) is 11.3. The van der Waals surface area contributed by atoms with Crippen LogP contribution in [0, 0.1) is 12.7 Å². The van der Waals surface area contributed by atoms with Gasteiger partial charge in [0.05, 0.1) is 5.69 Å². The lowest BCUT2D eigenvalue weighted by Gasteiger charge is -2.12. The molecule has 0 aliphatic heterocycles. The molecule has 20 heavy (non-hydrogen) atoms. The fourth-order valence-electron chi connectivity index (χ4n) is 1.68. The number of halogens is 2. The minimum absolute atomic E-state index is 0.0652. The fraction of sp³-hybridized carbons (Fsp3) is 0.0769. The van der Waals surface area contributed by atoms with Crippen molar-refractivity contribution in [3.63, 3.8) is 0 Å². The first-order chi connectivity index (χ1) is 9.29. The summed E-state index contributed by atoms with van der Waals surface area (Å²) in [7, 11) is -3.77. The molecule has 0 saturated heterocycles. The van der Waals surface area contributed by atoms with Crippen LogP contribution in [0.1, 0.15) is 5.56 Å². The van der Waals surface area contributed by atoms with E-state index in [0.29, 0.717) is 21.4 Å². The van der Waals surface area contributed by atoms with Crippen molar-refractivity contribution in [3.8, 4) is 0 Å². The molecule has 0 spiro atoms. The number of rotatable bonds is 3. The lowest BCUT2D eigenvalue weighted by atomic mass is 10.2. The molecule has 7 heteroatoms. The number of nitrogens with one attached hydrogen (secondary N) is 1. The summed E-state index contributed by atoms with van der Waals surface area (Å²) in [6.07, 6.45) is 0. The maximum atomic E-state index is 13.0. The number of aryl methyl sites for hydroxylation is 1. The summed E-state index contributed by atoms with van der Waals surface area (Å²) < 4.78 is 40.4. The second-order valence-corrected chi connectivity index (χ2v) is 6.76. The first-order valence-electron chi connectivity index (χ1n) is 5.63. The van der Waals surface area contributed by atoms with Gasteiger partial charge in [0.15, 0.2) is 0 Å². The smallest absolute Gasteiger partial charge is 0.263 e. The largest absolute Gasteiger partial charge is 0.399 e. The van der Waals surface area contributed by atoms with Gasteiger partial charge in [-0.2, -0.15) is 0 Å². The molecular weight excluding hydrogens is 347 g/mol. The summed E-state index contributed by atoms with van der Waals surface area (Å²) >= 11 is 3.17. The van der Waals surface area contributed by atoms with Crippen LogP contribution in [0.3, 0.4) is 0 Å². The third kappa shape index (κ3) is 3.10. The topological polar surface area (TPSA) is 72.2 Å². The Morgan fingerprint density at radius 1 is 1.20 bits per heavy atom. The highest BCUT2D eigenvalue weighted by molar-refractivity contribution is 9.10. The summed E-state index contributed by atoms with van der Waals surface area (Å²) in [5.41, 5.74) is 6.86. The Hall–Kier alpha value is -1.60.